The first-order valence-electron chi connectivity index (χ1n) is 12.1. The fraction of sp³-hybridized carbons (Fsp3) is 0.250. The lowest BCUT2D eigenvalue weighted by molar-refractivity contribution is 0.195. The number of tetrazole rings is 1. The molecule has 3 aromatic carbocycles. The Kier molecular flexibility index (Phi) is 5.85. The fourth-order valence-corrected chi connectivity index (χ4v) is 6.03. The molecule has 0 radical (unpaired) electrons. The molecule has 0 spiro atoms. The molecule has 0 bridgehead atoms. The molecule has 0 saturated carbocycles. The molecule has 182 valence electrons. The lowest BCUT2D eigenvalue weighted by Gasteiger charge is -2.34. The number of H-pyrrole nitrogens is 1. The van der Waals surface area contributed by atoms with Crippen molar-refractivity contribution in [1.29, 1.82) is 0 Å². The smallest absolute Gasteiger partial charge is 0.178 e. The van der Waals surface area contributed by atoms with Crippen LogP contribution in [0.4, 0.5) is 0 Å². The third-order valence-corrected chi connectivity index (χ3v) is 7.78. The maximum Gasteiger partial charge on any atom is 0.178 e. The number of halogens is 1. The molecular formula is C28H27BrN6O. The first-order valence-corrected chi connectivity index (χ1v) is 12.8. The summed E-state index contributed by atoms with van der Waals surface area (Å²) >= 11 is 3.69. The van der Waals surface area contributed by atoms with E-state index in [-0.39, 0.29) is 6.04 Å². The minimum atomic E-state index is -0.152. The zero-order chi connectivity index (χ0) is 24.8. The standard InChI is InChI=1S/C28H27BrN6O/c1-17-7-6-8-18(2)26(17)35-28(31-32-33-35)27(19-11-12-25(36-3)22(29)15-19)34-14-13-21-20-9-4-5-10-23(20)30-24(21)16-34/h4-12,15,27,30H,13-14,16H2,1-3H3. The largest absolute Gasteiger partial charge is 0.496 e. The predicted molar refractivity (Wildman–Crippen MR) is 144 cm³/mol. The Hall–Kier alpha value is -3.49. The van der Waals surface area contributed by atoms with Crippen LogP contribution in [-0.2, 0) is 13.0 Å². The summed E-state index contributed by atoms with van der Waals surface area (Å²) in [6.45, 7) is 5.87. The molecule has 1 aliphatic rings. The van der Waals surface area contributed by atoms with Gasteiger partial charge in [-0.05, 0) is 87.1 Å². The van der Waals surface area contributed by atoms with Crippen molar-refractivity contribution in [2.45, 2.75) is 32.9 Å². The summed E-state index contributed by atoms with van der Waals surface area (Å²) in [6, 6.07) is 20.9. The second-order valence-corrected chi connectivity index (χ2v) is 10.2. The van der Waals surface area contributed by atoms with Crippen LogP contribution >= 0.6 is 15.9 Å². The van der Waals surface area contributed by atoms with E-state index in [4.69, 9.17) is 4.74 Å². The Morgan fingerprint density at radius 1 is 1.03 bits per heavy atom. The van der Waals surface area contributed by atoms with E-state index in [1.54, 1.807) is 7.11 Å². The van der Waals surface area contributed by atoms with Crippen molar-refractivity contribution in [1.82, 2.24) is 30.1 Å². The van der Waals surface area contributed by atoms with Crippen molar-refractivity contribution in [3.05, 3.63) is 98.9 Å². The van der Waals surface area contributed by atoms with E-state index in [2.05, 4.69) is 110 Å². The maximum absolute atomic E-state index is 5.51. The van der Waals surface area contributed by atoms with Gasteiger partial charge in [-0.2, -0.15) is 4.68 Å². The van der Waals surface area contributed by atoms with Crippen molar-refractivity contribution < 1.29 is 4.74 Å². The van der Waals surface area contributed by atoms with Gasteiger partial charge in [-0.3, -0.25) is 4.90 Å². The van der Waals surface area contributed by atoms with Gasteiger partial charge in [0.25, 0.3) is 0 Å². The number of fused-ring (bicyclic) bond motifs is 3. The number of nitrogens with one attached hydrogen (secondary N) is 1. The number of hydrogen-bond acceptors (Lipinski definition) is 5. The van der Waals surface area contributed by atoms with Gasteiger partial charge < -0.3 is 9.72 Å². The highest BCUT2D eigenvalue weighted by Crippen LogP contribution is 2.38. The molecule has 0 aliphatic carbocycles. The number of nitrogens with zero attached hydrogens (tertiary/aromatic N) is 5. The van der Waals surface area contributed by atoms with E-state index >= 15 is 0 Å². The van der Waals surface area contributed by atoms with Gasteiger partial charge in [-0.1, -0.05) is 42.5 Å². The van der Waals surface area contributed by atoms with Gasteiger partial charge in [0, 0.05) is 29.7 Å². The molecule has 8 heteroatoms. The monoisotopic (exact) mass is 542 g/mol. The van der Waals surface area contributed by atoms with Crippen LogP contribution in [0.3, 0.4) is 0 Å². The second kappa shape index (κ2) is 9.19. The third-order valence-electron chi connectivity index (χ3n) is 7.16. The van der Waals surface area contributed by atoms with E-state index in [1.807, 2.05) is 10.7 Å². The number of aromatic amines is 1. The average molecular weight is 543 g/mol. The summed E-state index contributed by atoms with van der Waals surface area (Å²) in [5, 5.41) is 14.5. The van der Waals surface area contributed by atoms with Gasteiger partial charge in [-0.15, -0.1) is 5.10 Å². The number of benzene rings is 3. The number of aromatic nitrogens is 5. The topological polar surface area (TPSA) is 71.9 Å². The van der Waals surface area contributed by atoms with Gasteiger partial charge >= 0.3 is 0 Å². The molecular weight excluding hydrogens is 516 g/mol. The minimum absolute atomic E-state index is 0.152. The molecule has 6 rings (SSSR count). The Bertz CT molecular complexity index is 1550. The lowest BCUT2D eigenvalue weighted by Crippen LogP contribution is -2.36. The molecule has 1 N–H and O–H groups in total. The normalized spacial score (nSPS) is 14.7. The van der Waals surface area contributed by atoms with Gasteiger partial charge in [-0.25, -0.2) is 0 Å². The van der Waals surface area contributed by atoms with Crippen molar-refractivity contribution in [2.24, 2.45) is 0 Å². The predicted octanol–water partition coefficient (Wildman–Crippen LogP) is 5.68. The van der Waals surface area contributed by atoms with Crippen LogP contribution in [0.15, 0.2) is 65.1 Å². The van der Waals surface area contributed by atoms with Crippen LogP contribution in [0.25, 0.3) is 16.6 Å². The Morgan fingerprint density at radius 2 is 1.83 bits per heavy atom. The first-order chi connectivity index (χ1) is 17.5. The summed E-state index contributed by atoms with van der Waals surface area (Å²) < 4.78 is 8.33. The number of hydrogen-bond donors (Lipinski definition) is 1. The first kappa shape index (κ1) is 22.9. The minimum Gasteiger partial charge on any atom is -0.496 e. The Labute approximate surface area is 218 Å². The highest BCUT2D eigenvalue weighted by Gasteiger charge is 2.33. The number of rotatable bonds is 5. The molecule has 36 heavy (non-hydrogen) atoms. The highest BCUT2D eigenvalue weighted by molar-refractivity contribution is 9.10. The Morgan fingerprint density at radius 3 is 2.61 bits per heavy atom. The molecule has 2 aromatic heterocycles. The molecule has 3 heterocycles. The zero-order valence-corrected chi connectivity index (χ0v) is 22.1. The van der Waals surface area contributed by atoms with Gasteiger partial charge in [0.2, 0.25) is 0 Å². The molecule has 1 atom stereocenters. The maximum atomic E-state index is 5.51. The average Bonchev–Trinajstić information content (AvgIpc) is 3.49. The van der Waals surface area contributed by atoms with Crippen molar-refractivity contribution >= 4 is 26.8 Å². The SMILES string of the molecule is COc1ccc(C(c2nnnn2-c2c(C)cccc2C)N2CCc3c([nH]c4ccccc34)C2)cc1Br. The van der Waals surface area contributed by atoms with Gasteiger partial charge in [0.05, 0.1) is 23.3 Å². The van der Waals surface area contributed by atoms with Crippen molar-refractivity contribution in [2.75, 3.05) is 13.7 Å². The molecule has 1 aliphatic heterocycles. The van der Waals surface area contributed by atoms with E-state index in [1.165, 1.54) is 22.2 Å². The lowest BCUT2D eigenvalue weighted by atomic mass is 9.98. The Balaban J connectivity index is 1.49. The molecule has 5 aromatic rings. The van der Waals surface area contributed by atoms with E-state index < -0.39 is 0 Å². The third kappa shape index (κ3) is 3.81. The van der Waals surface area contributed by atoms with Crippen LogP contribution in [0.2, 0.25) is 0 Å². The van der Waals surface area contributed by atoms with E-state index in [0.717, 1.165) is 57.9 Å². The van der Waals surface area contributed by atoms with Crippen molar-refractivity contribution in [3.8, 4) is 11.4 Å². The summed E-state index contributed by atoms with van der Waals surface area (Å²) in [6.07, 6.45) is 0.956. The number of aryl methyl sites for hydroxylation is 2. The van der Waals surface area contributed by atoms with Crippen LogP contribution in [0.1, 0.15) is 39.8 Å². The molecule has 1 unspecified atom stereocenters. The summed E-state index contributed by atoms with van der Waals surface area (Å²) in [5.74, 6) is 1.59. The van der Waals surface area contributed by atoms with E-state index in [9.17, 15) is 0 Å². The molecule has 0 saturated heterocycles. The summed E-state index contributed by atoms with van der Waals surface area (Å²) in [4.78, 5) is 6.12. The highest BCUT2D eigenvalue weighted by atomic mass is 79.9. The second-order valence-electron chi connectivity index (χ2n) is 9.33. The molecule has 0 fully saturated rings. The van der Waals surface area contributed by atoms with Crippen molar-refractivity contribution in [3.63, 3.8) is 0 Å². The summed E-state index contributed by atoms with van der Waals surface area (Å²) in [5.41, 5.74) is 8.25. The van der Waals surface area contributed by atoms with E-state index in [0.29, 0.717) is 0 Å². The van der Waals surface area contributed by atoms with Crippen LogP contribution < -0.4 is 4.74 Å². The summed E-state index contributed by atoms with van der Waals surface area (Å²) in [7, 11) is 1.68. The number of ether oxygens (including phenoxy) is 1. The zero-order valence-electron chi connectivity index (χ0n) is 20.5. The molecule has 7 nitrogen and oxygen atoms in total. The molecule has 0 amide bonds. The number of methoxy groups -OCH3 is 1. The van der Waals surface area contributed by atoms with Gasteiger partial charge in [0.1, 0.15) is 5.75 Å². The van der Waals surface area contributed by atoms with Crippen LogP contribution in [-0.4, -0.2) is 43.7 Å². The fourth-order valence-electron chi connectivity index (χ4n) is 5.47. The number of para-hydroxylation sites is 2. The van der Waals surface area contributed by atoms with Gasteiger partial charge in [0.15, 0.2) is 5.82 Å². The van der Waals surface area contributed by atoms with Crippen LogP contribution in [0, 0.1) is 13.8 Å². The van der Waals surface area contributed by atoms with Crippen LogP contribution in [0.5, 0.6) is 5.75 Å². The quantitative estimate of drug-likeness (QED) is 0.309.